The summed E-state index contributed by atoms with van der Waals surface area (Å²) in [6.07, 6.45) is 0.429. The Balaban J connectivity index is 0.00000529. The van der Waals surface area contributed by atoms with Crippen LogP contribution in [-0.4, -0.2) is 37.8 Å². The lowest BCUT2D eigenvalue weighted by Crippen LogP contribution is -2.38. The van der Waals surface area contributed by atoms with Crippen LogP contribution in [0.1, 0.15) is 33.3 Å². The molecule has 7 heteroatoms. The number of ether oxygens (including phenoxy) is 1. The lowest BCUT2D eigenvalue weighted by molar-refractivity contribution is 0.0636. The maximum absolute atomic E-state index is 11.7. The van der Waals surface area contributed by atoms with E-state index in [1.165, 1.54) is 5.56 Å². The Bertz CT molecular complexity index is 524. The number of guanidine groups is 1. The van der Waals surface area contributed by atoms with E-state index >= 15 is 0 Å². The fourth-order valence-electron chi connectivity index (χ4n) is 1.89. The van der Waals surface area contributed by atoms with Gasteiger partial charge in [-0.1, -0.05) is 12.1 Å². The molecule has 0 heterocycles. The first-order valence-electron chi connectivity index (χ1n) is 7.87. The van der Waals surface area contributed by atoms with E-state index in [0.717, 1.165) is 31.2 Å². The molecule has 0 aromatic heterocycles. The molecule has 0 saturated carbocycles. The monoisotopic (exact) mass is 448 g/mol. The van der Waals surface area contributed by atoms with Gasteiger partial charge < -0.3 is 15.4 Å². The third-order valence-electron chi connectivity index (χ3n) is 2.87. The number of aliphatic imine (C=N–C) groups is 1. The first-order chi connectivity index (χ1) is 10.8. The van der Waals surface area contributed by atoms with E-state index < -0.39 is 11.7 Å². The van der Waals surface area contributed by atoms with Crippen LogP contribution in [0.25, 0.3) is 0 Å². The molecule has 1 aromatic carbocycles. The van der Waals surface area contributed by atoms with Crippen molar-refractivity contribution in [1.82, 2.24) is 10.6 Å². The van der Waals surface area contributed by atoms with Crippen molar-refractivity contribution < 1.29 is 9.53 Å². The van der Waals surface area contributed by atoms with E-state index in [1.54, 1.807) is 7.05 Å². The summed E-state index contributed by atoms with van der Waals surface area (Å²) >= 11 is 0. The molecular formula is C17H29IN4O2. The normalized spacial score (nSPS) is 11.3. The highest BCUT2D eigenvalue weighted by Gasteiger charge is 2.15. The van der Waals surface area contributed by atoms with Crippen molar-refractivity contribution >= 4 is 41.7 Å². The van der Waals surface area contributed by atoms with Gasteiger partial charge in [-0.3, -0.25) is 10.3 Å². The summed E-state index contributed by atoms with van der Waals surface area (Å²) in [6.45, 7) is 9.17. The number of carbonyl (C=O) groups is 1. The Labute approximate surface area is 161 Å². The Morgan fingerprint density at radius 1 is 1.17 bits per heavy atom. The number of hydrogen-bond acceptors (Lipinski definition) is 3. The third kappa shape index (κ3) is 9.59. The first kappa shape index (κ1) is 22.5. The van der Waals surface area contributed by atoms with Crippen molar-refractivity contribution in [3.05, 3.63) is 29.8 Å². The maximum atomic E-state index is 11.7. The second kappa shape index (κ2) is 11.1. The van der Waals surface area contributed by atoms with Gasteiger partial charge in [0, 0.05) is 25.8 Å². The van der Waals surface area contributed by atoms with Gasteiger partial charge in [-0.05, 0) is 51.8 Å². The van der Waals surface area contributed by atoms with Gasteiger partial charge in [-0.25, -0.2) is 4.79 Å². The number of halogens is 1. The van der Waals surface area contributed by atoms with Gasteiger partial charge in [0.25, 0.3) is 0 Å². The third-order valence-corrected chi connectivity index (χ3v) is 2.87. The molecule has 0 bridgehead atoms. The van der Waals surface area contributed by atoms with Crippen LogP contribution in [0.4, 0.5) is 10.5 Å². The summed E-state index contributed by atoms with van der Waals surface area (Å²) in [6, 6.07) is 7.73. The van der Waals surface area contributed by atoms with Crippen LogP contribution in [0.5, 0.6) is 0 Å². The molecule has 0 spiro atoms. The summed E-state index contributed by atoms with van der Waals surface area (Å²) in [5.41, 5.74) is 1.40. The lowest BCUT2D eigenvalue weighted by Gasteiger charge is -2.19. The van der Waals surface area contributed by atoms with E-state index in [2.05, 4.69) is 20.9 Å². The molecule has 0 unspecified atom stereocenters. The Morgan fingerprint density at radius 2 is 1.79 bits per heavy atom. The number of hydrogen-bond donors (Lipinski definition) is 3. The van der Waals surface area contributed by atoms with E-state index in [4.69, 9.17) is 4.74 Å². The van der Waals surface area contributed by atoms with Crippen molar-refractivity contribution in [1.29, 1.82) is 0 Å². The van der Waals surface area contributed by atoms with Gasteiger partial charge in [0.15, 0.2) is 5.96 Å². The van der Waals surface area contributed by atoms with Gasteiger partial charge in [-0.2, -0.15) is 0 Å². The largest absolute Gasteiger partial charge is 0.444 e. The standard InChI is InChI=1S/C17H28N4O2.HI/c1-6-19-15(18-5)20-12-11-13-7-9-14(10-8-13)21-16(22)23-17(2,3)4;/h7-10H,6,11-12H2,1-5H3,(H,21,22)(H2,18,19,20);1H. The molecule has 0 aliphatic rings. The molecule has 1 amide bonds. The Morgan fingerprint density at radius 3 is 2.29 bits per heavy atom. The summed E-state index contributed by atoms with van der Waals surface area (Å²) in [5.74, 6) is 0.802. The fraction of sp³-hybridized carbons (Fsp3) is 0.529. The molecule has 1 rings (SSSR count). The summed E-state index contributed by atoms with van der Waals surface area (Å²) in [4.78, 5) is 15.8. The predicted octanol–water partition coefficient (Wildman–Crippen LogP) is 3.38. The highest BCUT2D eigenvalue weighted by Crippen LogP contribution is 2.13. The molecule has 0 aliphatic carbocycles. The molecule has 136 valence electrons. The number of anilines is 1. The number of benzene rings is 1. The van der Waals surface area contributed by atoms with Crippen LogP contribution in [0.2, 0.25) is 0 Å². The number of nitrogens with one attached hydrogen (secondary N) is 3. The summed E-state index contributed by atoms with van der Waals surface area (Å²) in [5, 5.41) is 9.11. The molecule has 0 saturated heterocycles. The number of nitrogens with zero attached hydrogens (tertiary/aromatic N) is 1. The molecule has 24 heavy (non-hydrogen) atoms. The van der Waals surface area contributed by atoms with Crippen molar-refractivity contribution in [2.24, 2.45) is 4.99 Å². The maximum Gasteiger partial charge on any atom is 0.412 e. The zero-order chi connectivity index (χ0) is 17.3. The van der Waals surface area contributed by atoms with Crippen LogP contribution in [-0.2, 0) is 11.2 Å². The smallest absolute Gasteiger partial charge is 0.412 e. The van der Waals surface area contributed by atoms with Gasteiger partial charge in [0.05, 0.1) is 0 Å². The number of amides is 1. The molecule has 6 nitrogen and oxygen atoms in total. The molecule has 0 atom stereocenters. The Hall–Kier alpha value is -1.51. The predicted molar refractivity (Wildman–Crippen MR) is 110 cm³/mol. The minimum Gasteiger partial charge on any atom is -0.444 e. The minimum atomic E-state index is -0.499. The average Bonchev–Trinajstić information content (AvgIpc) is 2.46. The topological polar surface area (TPSA) is 74.8 Å². The van der Waals surface area contributed by atoms with Gasteiger partial charge >= 0.3 is 6.09 Å². The highest BCUT2D eigenvalue weighted by molar-refractivity contribution is 14.0. The van der Waals surface area contributed by atoms with E-state index in [1.807, 2.05) is 52.0 Å². The lowest BCUT2D eigenvalue weighted by atomic mass is 10.1. The van der Waals surface area contributed by atoms with E-state index in [-0.39, 0.29) is 24.0 Å². The molecule has 0 fully saturated rings. The highest BCUT2D eigenvalue weighted by atomic mass is 127. The van der Waals surface area contributed by atoms with Gasteiger partial charge in [-0.15, -0.1) is 24.0 Å². The number of rotatable bonds is 5. The molecule has 0 aliphatic heterocycles. The van der Waals surface area contributed by atoms with Crippen molar-refractivity contribution in [3.8, 4) is 0 Å². The molecule has 3 N–H and O–H groups in total. The fourth-order valence-corrected chi connectivity index (χ4v) is 1.89. The van der Waals surface area contributed by atoms with Crippen LogP contribution >= 0.6 is 24.0 Å². The molecule has 1 aromatic rings. The molecular weight excluding hydrogens is 419 g/mol. The summed E-state index contributed by atoms with van der Waals surface area (Å²) < 4.78 is 5.22. The van der Waals surface area contributed by atoms with Gasteiger partial charge in [0.2, 0.25) is 0 Å². The van der Waals surface area contributed by atoms with Crippen LogP contribution < -0.4 is 16.0 Å². The second-order valence-corrected chi connectivity index (χ2v) is 6.10. The first-order valence-corrected chi connectivity index (χ1v) is 7.87. The number of carbonyl (C=O) groups excluding carboxylic acids is 1. The molecule has 0 radical (unpaired) electrons. The van der Waals surface area contributed by atoms with E-state index in [9.17, 15) is 4.79 Å². The van der Waals surface area contributed by atoms with Crippen LogP contribution in [0.15, 0.2) is 29.3 Å². The zero-order valence-corrected chi connectivity index (χ0v) is 17.4. The van der Waals surface area contributed by atoms with Crippen LogP contribution in [0.3, 0.4) is 0 Å². The minimum absolute atomic E-state index is 0. The van der Waals surface area contributed by atoms with Crippen molar-refractivity contribution in [3.63, 3.8) is 0 Å². The second-order valence-electron chi connectivity index (χ2n) is 6.10. The SMILES string of the molecule is CCNC(=NC)NCCc1ccc(NC(=O)OC(C)(C)C)cc1.I. The van der Waals surface area contributed by atoms with Crippen molar-refractivity contribution in [2.45, 2.75) is 39.7 Å². The quantitative estimate of drug-likeness (QED) is 0.367. The Kier molecular flexibility index (Phi) is 10.4. The van der Waals surface area contributed by atoms with Crippen LogP contribution in [0, 0.1) is 0 Å². The van der Waals surface area contributed by atoms with Crippen molar-refractivity contribution in [2.75, 3.05) is 25.5 Å². The average molecular weight is 448 g/mol. The van der Waals surface area contributed by atoms with E-state index in [0.29, 0.717) is 0 Å². The van der Waals surface area contributed by atoms with Gasteiger partial charge in [0.1, 0.15) is 5.60 Å². The summed E-state index contributed by atoms with van der Waals surface area (Å²) in [7, 11) is 1.75. The zero-order valence-electron chi connectivity index (χ0n) is 15.1.